The van der Waals surface area contributed by atoms with Crippen LogP contribution in [0.1, 0.15) is 13.8 Å². The molecule has 0 radical (unpaired) electrons. The Morgan fingerprint density at radius 2 is 1.92 bits per heavy atom. The normalized spacial score (nSPS) is 11.7. The second-order valence-corrected chi connectivity index (χ2v) is 8.56. The number of nitrogens with one attached hydrogen (secondary N) is 2. The molecule has 26 heavy (non-hydrogen) atoms. The van der Waals surface area contributed by atoms with Gasteiger partial charge in [-0.15, -0.1) is 0 Å². The Balaban J connectivity index is 1.87. The molecule has 1 heterocycles. The van der Waals surface area contributed by atoms with Gasteiger partial charge in [0.25, 0.3) is 10.0 Å². The third-order valence-corrected chi connectivity index (χ3v) is 5.89. The van der Waals surface area contributed by atoms with Crippen molar-refractivity contribution in [2.45, 2.75) is 18.7 Å². The summed E-state index contributed by atoms with van der Waals surface area (Å²) in [5.74, 6) is -1.15. The van der Waals surface area contributed by atoms with E-state index in [4.69, 9.17) is 0 Å². The molecule has 136 valence electrons. The number of thiazole rings is 1. The number of hydrogen-bond donors (Lipinski definition) is 2. The van der Waals surface area contributed by atoms with E-state index in [-0.39, 0.29) is 17.5 Å². The van der Waals surface area contributed by atoms with Gasteiger partial charge >= 0.3 is 0 Å². The number of carbonyl (C=O) groups excluding carboxylic acids is 1. The third-order valence-electron chi connectivity index (χ3n) is 3.52. The fourth-order valence-electron chi connectivity index (χ4n) is 2.17. The summed E-state index contributed by atoms with van der Waals surface area (Å²) >= 11 is 1.29. The lowest BCUT2D eigenvalue weighted by Crippen LogP contribution is -2.17. The average Bonchev–Trinajstić information content (AvgIpc) is 2.96. The van der Waals surface area contributed by atoms with Gasteiger partial charge in [-0.1, -0.05) is 37.3 Å². The van der Waals surface area contributed by atoms with Crippen molar-refractivity contribution < 1.29 is 17.6 Å². The maximum Gasteiger partial charge on any atom is 0.264 e. The molecule has 0 unspecified atom stereocenters. The van der Waals surface area contributed by atoms with Gasteiger partial charge in [-0.2, -0.15) is 0 Å². The van der Waals surface area contributed by atoms with Crippen LogP contribution in [0.15, 0.2) is 47.4 Å². The highest BCUT2D eigenvalue weighted by atomic mass is 32.2. The molecule has 0 aliphatic carbocycles. The zero-order chi connectivity index (χ0) is 18.9. The van der Waals surface area contributed by atoms with Gasteiger partial charge < -0.3 is 5.32 Å². The van der Waals surface area contributed by atoms with Crippen molar-refractivity contribution in [2.24, 2.45) is 5.92 Å². The standard InChI is InChI=1S/C17H16FN3O3S2/c1-10(2)16(22)20-17-19-13-9-11(7-8-14(13)25-17)21-26(23,24)15-6-4-3-5-12(15)18/h3-10,21H,1-2H3,(H,19,20,22). The summed E-state index contributed by atoms with van der Waals surface area (Å²) in [6.07, 6.45) is 0. The quantitative estimate of drug-likeness (QED) is 0.690. The van der Waals surface area contributed by atoms with E-state index in [2.05, 4.69) is 15.0 Å². The van der Waals surface area contributed by atoms with E-state index in [0.29, 0.717) is 10.6 Å². The first kappa shape index (κ1) is 18.3. The number of amides is 1. The van der Waals surface area contributed by atoms with Gasteiger partial charge in [-0.05, 0) is 30.3 Å². The molecule has 0 saturated carbocycles. The van der Waals surface area contributed by atoms with Crippen LogP contribution in [-0.4, -0.2) is 19.3 Å². The minimum Gasteiger partial charge on any atom is -0.302 e. The van der Waals surface area contributed by atoms with Crippen LogP contribution >= 0.6 is 11.3 Å². The molecule has 3 rings (SSSR count). The molecule has 6 nitrogen and oxygen atoms in total. The SMILES string of the molecule is CC(C)C(=O)Nc1nc2cc(NS(=O)(=O)c3ccccc3F)ccc2s1. The second-order valence-electron chi connectivity index (χ2n) is 5.88. The summed E-state index contributed by atoms with van der Waals surface area (Å²) in [4.78, 5) is 15.6. The van der Waals surface area contributed by atoms with Crippen molar-refractivity contribution in [1.29, 1.82) is 0 Å². The van der Waals surface area contributed by atoms with Crippen molar-refractivity contribution >= 4 is 48.3 Å². The number of anilines is 2. The Hall–Kier alpha value is -2.52. The molecule has 0 aliphatic heterocycles. The minimum absolute atomic E-state index is 0.149. The number of fused-ring (bicyclic) bond motifs is 1. The summed E-state index contributed by atoms with van der Waals surface area (Å²) in [5, 5.41) is 3.15. The zero-order valence-electron chi connectivity index (χ0n) is 14.0. The van der Waals surface area contributed by atoms with E-state index in [0.717, 1.165) is 10.8 Å². The summed E-state index contributed by atoms with van der Waals surface area (Å²) in [5.41, 5.74) is 0.788. The fourth-order valence-corrected chi connectivity index (χ4v) is 4.15. The third kappa shape index (κ3) is 3.83. The number of rotatable bonds is 5. The zero-order valence-corrected chi connectivity index (χ0v) is 15.6. The molecule has 0 aliphatic rings. The van der Waals surface area contributed by atoms with Crippen molar-refractivity contribution in [1.82, 2.24) is 4.98 Å². The number of carbonyl (C=O) groups is 1. The Kier molecular flexibility index (Phi) is 4.92. The first-order valence-corrected chi connectivity index (χ1v) is 10.0. The molecule has 2 aromatic carbocycles. The minimum atomic E-state index is -4.06. The summed E-state index contributed by atoms with van der Waals surface area (Å²) in [7, 11) is -4.06. The lowest BCUT2D eigenvalue weighted by Gasteiger charge is -2.08. The van der Waals surface area contributed by atoms with Gasteiger partial charge in [0.05, 0.1) is 15.9 Å². The molecule has 1 aromatic heterocycles. The summed E-state index contributed by atoms with van der Waals surface area (Å²) in [6.45, 7) is 3.55. The van der Waals surface area contributed by atoms with Crippen LogP contribution in [0.4, 0.5) is 15.2 Å². The number of halogens is 1. The predicted molar refractivity (Wildman–Crippen MR) is 100 cm³/mol. The molecule has 1 amide bonds. The van der Waals surface area contributed by atoms with Gasteiger partial charge in [-0.25, -0.2) is 17.8 Å². The van der Waals surface area contributed by atoms with Crippen molar-refractivity contribution in [2.75, 3.05) is 10.0 Å². The van der Waals surface area contributed by atoms with Gasteiger partial charge in [-0.3, -0.25) is 9.52 Å². The fraction of sp³-hybridized carbons (Fsp3) is 0.176. The molecule has 0 atom stereocenters. The van der Waals surface area contributed by atoms with Crippen LogP contribution < -0.4 is 10.0 Å². The number of hydrogen-bond acceptors (Lipinski definition) is 5. The van der Waals surface area contributed by atoms with Gasteiger partial charge in [0.2, 0.25) is 5.91 Å². The Labute approximate surface area is 154 Å². The lowest BCUT2D eigenvalue weighted by molar-refractivity contribution is -0.118. The lowest BCUT2D eigenvalue weighted by atomic mass is 10.2. The predicted octanol–water partition coefficient (Wildman–Crippen LogP) is 3.83. The van der Waals surface area contributed by atoms with Crippen LogP contribution in [0.3, 0.4) is 0 Å². The highest BCUT2D eigenvalue weighted by Gasteiger charge is 2.19. The number of sulfonamides is 1. The highest BCUT2D eigenvalue weighted by molar-refractivity contribution is 7.92. The molecular weight excluding hydrogens is 377 g/mol. The number of benzene rings is 2. The molecular formula is C17H16FN3O3S2. The maximum atomic E-state index is 13.8. The number of aromatic nitrogens is 1. The van der Waals surface area contributed by atoms with E-state index in [1.807, 2.05) is 0 Å². The maximum absolute atomic E-state index is 13.8. The van der Waals surface area contributed by atoms with Gasteiger partial charge in [0.1, 0.15) is 10.7 Å². The van der Waals surface area contributed by atoms with Gasteiger partial charge in [0.15, 0.2) is 5.13 Å². The molecule has 2 N–H and O–H groups in total. The first-order valence-electron chi connectivity index (χ1n) is 7.75. The van der Waals surface area contributed by atoms with Crippen molar-refractivity contribution in [3.8, 4) is 0 Å². The van der Waals surface area contributed by atoms with Gasteiger partial charge in [0, 0.05) is 5.92 Å². The summed E-state index contributed by atoms with van der Waals surface area (Å²) in [6, 6.07) is 9.94. The van der Waals surface area contributed by atoms with E-state index >= 15 is 0 Å². The number of nitrogens with zero attached hydrogens (tertiary/aromatic N) is 1. The van der Waals surface area contributed by atoms with E-state index in [1.165, 1.54) is 35.6 Å². The van der Waals surface area contributed by atoms with E-state index in [9.17, 15) is 17.6 Å². The van der Waals surface area contributed by atoms with E-state index in [1.54, 1.807) is 26.0 Å². The average molecular weight is 393 g/mol. The monoisotopic (exact) mass is 393 g/mol. The van der Waals surface area contributed by atoms with Crippen LogP contribution in [0.25, 0.3) is 10.2 Å². The van der Waals surface area contributed by atoms with Crippen LogP contribution in [-0.2, 0) is 14.8 Å². The molecule has 3 aromatic rings. The first-order chi connectivity index (χ1) is 12.3. The van der Waals surface area contributed by atoms with Crippen molar-refractivity contribution in [3.05, 3.63) is 48.3 Å². The summed E-state index contributed by atoms with van der Waals surface area (Å²) < 4.78 is 41.6. The smallest absolute Gasteiger partial charge is 0.264 e. The van der Waals surface area contributed by atoms with Crippen LogP contribution in [0, 0.1) is 11.7 Å². The Morgan fingerprint density at radius 3 is 2.62 bits per heavy atom. The second kappa shape index (κ2) is 7.00. The highest BCUT2D eigenvalue weighted by Crippen LogP contribution is 2.29. The Morgan fingerprint density at radius 1 is 1.19 bits per heavy atom. The van der Waals surface area contributed by atoms with Crippen molar-refractivity contribution in [3.63, 3.8) is 0 Å². The topological polar surface area (TPSA) is 88.2 Å². The largest absolute Gasteiger partial charge is 0.302 e. The Bertz CT molecular complexity index is 1080. The molecule has 9 heteroatoms. The van der Waals surface area contributed by atoms with Crippen LogP contribution in [0.5, 0.6) is 0 Å². The molecule has 0 saturated heterocycles. The van der Waals surface area contributed by atoms with Crippen LogP contribution in [0.2, 0.25) is 0 Å². The van der Waals surface area contributed by atoms with E-state index < -0.39 is 20.7 Å². The molecule has 0 spiro atoms. The molecule has 0 fully saturated rings. The molecule has 0 bridgehead atoms.